The number of aromatic nitrogens is 2. The van der Waals surface area contributed by atoms with Crippen LogP contribution in [0.25, 0.3) is 11.3 Å². The maximum atomic E-state index is 12.6. The third kappa shape index (κ3) is 3.64. The Morgan fingerprint density at radius 1 is 1.08 bits per heavy atom. The smallest absolute Gasteiger partial charge is 0.255 e. The molecule has 132 valence electrons. The molecule has 0 aliphatic carbocycles. The molecule has 3 heterocycles. The lowest BCUT2D eigenvalue weighted by atomic mass is 10.2. The molecule has 0 radical (unpaired) electrons. The van der Waals surface area contributed by atoms with Crippen LogP contribution in [-0.2, 0) is 0 Å². The van der Waals surface area contributed by atoms with Gasteiger partial charge in [-0.1, -0.05) is 30.3 Å². The number of piperazine rings is 1. The Morgan fingerprint density at radius 2 is 1.85 bits per heavy atom. The molecule has 5 nitrogen and oxygen atoms in total. The van der Waals surface area contributed by atoms with Crippen molar-refractivity contribution >= 4 is 38.3 Å². The van der Waals surface area contributed by atoms with Gasteiger partial charge >= 0.3 is 0 Å². The fraction of sp³-hybridized carbons (Fsp3) is 0.211. The van der Waals surface area contributed by atoms with Crippen molar-refractivity contribution in [2.24, 2.45) is 0 Å². The normalized spacial score (nSPS) is 14.5. The summed E-state index contributed by atoms with van der Waals surface area (Å²) in [7, 11) is 0. The van der Waals surface area contributed by atoms with E-state index < -0.39 is 0 Å². The van der Waals surface area contributed by atoms with Crippen LogP contribution in [0.4, 0.5) is 5.13 Å². The van der Waals surface area contributed by atoms with Gasteiger partial charge in [0.2, 0.25) is 0 Å². The molecular weight excluding hydrogens is 412 g/mol. The molecule has 1 aromatic carbocycles. The fourth-order valence-electron chi connectivity index (χ4n) is 2.96. The quantitative estimate of drug-likeness (QED) is 0.633. The summed E-state index contributed by atoms with van der Waals surface area (Å²) < 4.78 is 0.818. The minimum absolute atomic E-state index is 0.0302. The number of benzene rings is 1. The SMILES string of the molecule is O=C(c1cncc(Br)c1)N1CCN(c2nc(-c3ccccc3)cs2)CC1. The number of pyridine rings is 1. The highest BCUT2D eigenvalue weighted by Gasteiger charge is 2.24. The van der Waals surface area contributed by atoms with E-state index in [4.69, 9.17) is 4.98 Å². The molecule has 0 unspecified atom stereocenters. The predicted octanol–water partition coefficient (Wildman–Crippen LogP) is 3.93. The van der Waals surface area contributed by atoms with Crippen LogP contribution in [0.1, 0.15) is 10.4 Å². The summed E-state index contributed by atoms with van der Waals surface area (Å²) in [5.41, 5.74) is 2.75. The van der Waals surface area contributed by atoms with E-state index in [-0.39, 0.29) is 5.91 Å². The van der Waals surface area contributed by atoms with Crippen LogP contribution in [0, 0.1) is 0 Å². The number of amides is 1. The number of hydrogen-bond donors (Lipinski definition) is 0. The van der Waals surface area contributed by atoms with Crippen molar-refractivity contribution in [3.63, 3.8) is 0 Å². The van der Waals surface area contributed by atoms with Gasteiger partial charge in [-0.2, -0.15) is 0 Å². The summed E-state index contributed by atoms with van der Waals surface area (Å²) in [5, 5.41) is 3.11. The van der Waals surface area contributed by atoms with E-state index in [1.54, 1.807) is 23.7 Å². The number of carbonyl (C=O) groups excluding carboxylic acids is 1. The zero-order valence-electron chi connectivity index (χ0n) is 14.0. The molecule has 2 aromatic heterocycles. The number of hydrogen-bond acceptors (Lipinski definition) is 5. The van der Waals surface area contributed by atoms with Crippen LogP contribution in [0.2, 0.25) is 0 Å². The maximum absolute atomic E-state index is 12.6. The summed E-state index contributed by atoms with van der Waals surface area (Å²) in [4.78, 5) is 25.6. The van der Waals surface area contributed by atoms with E-state index >= 15 is 0 Å². The van der Waals surface area contributed by atoms with Crippen LogP contribution < -0.4 is 4.90 Å². The molecule has 0 N–H and O–H groups in total. The van der Waals surface area contributed by atoms with E-state index in [1.165, 1.54) is 0 Å². The van der Waals surface area contributed by atoms with Crippen LogP contribution in [-0.4, -0.2) is 47.0 Å². The second kappa shape index (κ2) is 7.55. The Morgan fingerprint density at radius 3 is 2.58 bits per heavy atom. The first kappa shape index (κ1) is 17.2. The van der Waals surface area contributed by atoms with E-state index in [0.717, 1.165) is 34.0 Å². The van der Waals surface area contributed by atoms with Crippen molar-refractivity contribution < 1.29 is 4.79 Å². The maximum Gasteiger partial charge on any atom is 0.255 e. The third-order valence-corrected chi connectivity index (χ3v) is 5.69. The van der Waals surface area contributed by atoms with E-state index in [0.29, 0.717) is 18.7 Å². The van der Waals surface area contributed by atoms with Gasteiger partial charge in [-0.05, 0) is 22.0 Å². The molecule has 0 spiro atoms. The number of nitrogens with zero attached hydrogens (tertiary/aromatic N) is 4. The van der Waals surface area contributed by atoms with Crippen LogP contribution in [0.3, 0.4) is 0 Å². The number of thiazole rings is 1. The highest BCUT2D eigenvalue weighted by molar-refractivity contribution is 9.10. The predicted molar refractivity (Wildman–Crippen MR) is 108 cm³/mol. The van der Waals surface area contributed by atoms with Crippen molar-refractivity contribution in [1.29, 1.82) is 0 Å². The number of carbonyl (C=O) groups is 1. The molecule has 0 saturated carbocycles. The van der Waals surface area contributed by atoms with Gasteiger partial charge in [0.1, 0.15) is 0 Å². The Bertz CT molecular complexity index is 907. The largest absolute Gasteiger partial charge is 0.345 e. The molecule has 0 bridgehead atoms. The fourth-order valence-corrected chi connectivity index (χ4v) is 4.22. The average Bonchev–Trinajstić information content (AvgIpc) is 3.18. The Hall–Kier alpha value is -2.25. The molecule has 1 saturated heterocycles. The molecule has 3 aromatic rings. The Balaban J connectivity index is 1.41. The number of anilines is 1. The summed E-state index contributed by atoms with van der Waals surface area (Å²) in [5.74, 6) is 0.0302. The first-order chi connectivity index (χ1) is 12.7. The van der Waals surface area contributed by atoms with Crippen molar-refractivity contribution in [2.45, 2.75) is 0 Å². The van der Waals surface area contributed by atoms with Gasteiger partial charge in [-0.3, -0.25) is 9.78 Å². The highest BCUT2D eigenvalue weighted by atomic mass is 79.9. The van der Waals surface area contributed by atoms with Gasteiger partial charge in [0.15, 0.2) is 5.13 Å². The highest BCUT2D eigenvalue weighted by Crippen LogP contribution is 2.28. The Labute approximate surface area is 164 Å². The Kier molecular flexibility index (Phi) is 4.99. The van der Waals surface area contributed by atoms with E-state index in [9.17, 15) is 4.79 Å². The summed E-state index contributed by atoms with van der Waals surface area (Å²) in [6, 6.07) is 12.0. The zero-order valence-corrected chi connectivity index (χ0v) is 16.4. The van der Waals surface area contributed by atoms with Gasteiger partial charge in [0.25, 0.3) is 5.91 Å². The lowest BCUT2D eigenvalue weighted by molar-refractivity contribution is 0.0746. The molecular formula is C19H17BrN4OS. The molecule has 4 rings (SSSR count). The third-order valence-electron chi connectivity index (χ3n) is 4.35. The molecule has 26 heavy (non-hydrogen) atoms. The average molecular weight is 429 g/mol. The number of halogens is 1. The molecule has 0 atom stereocenters. The second-order valence-corrected chi connectivity index (χ2v) is 7.80. The van der Waals surface area contributed by atoms with Gasteiger partial charge in [-0.25, -0.2) is 4.98 Å². The first-order valence-electron chi connectivity index (χ1n) is 8.36. The monoisotopic (exact) mass is 428 g/mol. The second-order valence-electron chi connectivity index (χ2n) is 6.05. The molecule has 7 heteroatoms. The number of rotatable bonds is 3. The summed E-state index contributed by atoms with van der Waals surface area (Å²) in [6.45, 7) is 2.95. The summed E-state index contributed by atoms with van der Waals surface area (Å²) in [6.07, 6.45) is 3.30. The van der Waals surface area contributed by atoms with Crippen LogP contribution >= 0.6 is 27.3 Å². The van der Waals surface area contributed by atoms with Crippen molar-refractivity contribution in [3.8, 4) is 11.3 Å². The molecule has 1 aliphatic heterocycles. The van der Waals surface area contributed by atoms with Crippen molar-refractivity contribution in [1.82, 2.24) is 14.9 Å². The van der Waals surface area contributed by atoms with Gasteiger partial charge in [0.05, 0.1) is 11.3 Å². The lowest BCUT2D eigenvalue weighted by Gasteiger charge is -2.34. The topological polar surface area (TPSA) is 49.3 Å². The van der Waals surface area contributed by atoms with Gasteiger partial charge < -0.3 is 9.80 Å². The first-order valence-corrected chi connectivity index (χ1v) is 10.0. The zero-order chi connectivity index (χ0) is 17.9. The van der Waals surface area contributed by atoms with E-state index in [1.807, 2.05) is 29.2 Å². The van der Waals surface area contributed by atoms with E-state index in [2.05, 4.69) is 43.3 Å². The molecule has 1 fully saturated rings. The van der Waals surface area contributed by atoms with Crippen molar-refractivity contribution in [3.05, 3.63) is 64.2 Å². The van der Waals surface area contributed by atoms with Crippen LogP contribution in [0.15, 0.2) is 58.6 Å². The standard InChI is InChI=1S/C19H17BrN4OS/c20-16-10-15(11-21-12-16)18(25)23-6-8-24(9-7-23)19-22-17(13-26-19)14-4-2-1-3-5-14/h1-5,10-13H,6-9H2. The van der Waals surface area contributed by atoms with Crippen molar-refractivity contribution in [2.75, 3.05) is 31.1 Å². The van der Waals surface area contributed by atoms with Crippen LogP contribution in [0.5, 0.6) is 0 Å². The minimum Gasteiger partial charge on any atom is -0.345 e. The summed E-state index contributed by atoms with van der Waals surface area (Å²) >= 11 is 5.02. The minimum atomic E-state index is 0.0302. The molecule has 1 aliphatic rings. The van der Waals surface area contributed by atoms with Gasteiger partial charge in [-0.15, -0.1) is 11.3 Å². The molecule has 1 amide bonds. The lowest BCUT2D eigenvalue weighted by Crippen LogP contribution is -2.48. The van der Waals surface area contributed by atoms with Gasteiger partial charge in [0, 0.05) is 54.0 Å².